The molecular weight excluding hydrogens is 378 g/mol. The molecule has 30 heavy (non-hydrogen) atoms. The first-order chi connectivity index (χ1) is 14.7. The van der Waals surface area contributed by atoms with Crippen molar-refractivity contribution in [3.63, 3.8) is 0 Å². The minimum absolute atomic E-state index is 0.210. The number of anilines is 1. The molecule has 0 saturated heterocycles. The standard InChI is InChI=1S/C23H25N5O2/c1-28(13-11-17-6-3-2-4-7-17)23-26-20(22(29)25-15-18-9-10-18)14-21(27-23)30-19-8-5-12-24-16-19/h2-8,12,14,16,18H,9-11,13,15H2,1H3,(H,25,29). The third kappa shape index (κ3) is 5.53. The number of benzene rings is 1. The zero-order chi connectivity index (χ0) is 20.8. The van der Waals surface area contributed by atoms with Crippen LogP contribution in [0.1, 0.15) is 28.9 Å². The van der Waals surface area contributed by atoms with Gasteiger partial charge in [0, 0.05) is 32.4 Å². The van der Waals surface area contributed by atoms with Crippen LogP contribution in [0.15, 0.2) is 60.9 Å². The van der Waals surface area contributed by atoms with Gasteiger partial charge in [0.15, 0.2) is 0 Å². The van der Waals surface area contributed by atoms with Crippen molar-refractivity contribution in [1.82, 2.24) is 20.3 Å². The van der Waals surface area contributed by atoms with Gasteiger partial charge >= 0.3 is 0 Å². The van der Waals surface area contributed by atoms with Gasteiger partial charge in [0.2, 0.25) is 11.8 Å². The fourth-order valence-electron chi connectivity index (χ4n) is 2.97. The van der Waals surface area contributed by atoms with E-state index in [-0.39, 0.29) is 5.91 Å². The Morgan fingerprint density at radius 3 is 2.73 bits per heavy atom. The van der Waals surface area contributed by atoms with Crippen LogP contribution in [-0.2, 0) is 6.42 Å². The summed E-state index contributed by atoms with van der Waals surface area (Å²) in [6.45, 7) is 1.39. The van der Waals surface area contributed by atoms with Crippen molar-refractivity contribution >= 4 is 11.9 Å². The summed E-state index contributed by atoms with van der Waals surface area (Å²) in [6, 6.07) is 15.4. The van der Waals surface area contributed by atoms with Crippen LogP contribution >= 0.6 is 0 Å². The number of rotatable bonds is 9. The Morgan fingerprint density at radius 1 is 1.17 bits per heavy atom. The summed E-state index contributed by atoms with van der Waals surface area (Å²) in [4.78, 5) is 27.6. The van der Waals surface area contributed by atoms with E-state index >= 15 is 0 Å². The summed E-state index contributed by atoms with van der Waals surface area (Å²) in [6.07, 6.45) is 6.47. The third-order valence-corrected chi connectivity index (χ3v) is 4.95. The van der Waals surface area contributed by atoms with Crippen molar-refractivity contribution in [2.75, 3.05) is 25.0 Å². The van der Waals surface area contributed by atoms with Crippen molar-refractivity contribution < 1.29 is 9.53 Å². The molecule has 0 spiro atoms. The maximum absolute atomic E-state index is 12.6. The molecule has 1 aromatic carbocycles. The topological polar surface area (TPSA) is 80.2 Å². The van der Waals surface area contributed by atoms with Gasteiger partial charge in [0.1, 0.15) is 11.4 Å². The number of nitrogens with zero attached hydrogens (tertiary/aromatic N) is 4. The number of pyridine rings is 1. The molecule has 0 aliphatic heterocycles. The highest BCUT2D eigenvalue weighted by Gasteiger charge is 2.23. The van der Waals surface area contributed by atoms with Gasteiger partial charge in [-0.05, 0) is 42.9 Å². The van der Waals surface area contributed by atoms with E-state index in [0.29, 0.717) is 42.3 Å². The van der Waals surface area contributed by atoms with Gasteiger partial charge in [-0.3, -0.25) is 9.78 Å². The highest BCUT2D eigenvalue weighted by Crippen LogP contribution is 2.28. The molecular formula is C23H25N5O2. The maximum atomic E-state index is 12.6. The average molecular weight is 403 g/mol. The lowest BCUT2D eigenvalue weighted by molar-refractivity contribution is 0.0946. The molecule has 3 aromatic rings. The molecule has 1 saturated carbocycles. The van der Waals surface area contributed by atoms with Crippen LogP contribution in [0.3, 0.4) is 0 Å². The van der Waals surface area contributed by atoms with Crippen LogP contribution in [0.2, 0.25) is 0 Å². The molecule has 0 unspecified atom stereocenters. The molecule has 7 nitrogen and oxygen atoms in total. The molecule has 154 valence electrons. The van der Waals surface area contributed by atoms with E-state index in [4.69, 9.17) is 4.74 Å². The smallest absolute Gasteiger partial charge is 0.270 e. The van der Waals surface area contributed by atoms with Crippen LogP contribution in [0.5, 0.6) is 11.6 Å². The molecule has 1 aliphatic carbocycles. The Bertz CT molecular complexity index is 977. The third-order valence-electron chi connectivity index (χ3n) is 4.95. The average Bonchev–Trinajstić information content (AvgIpc) is 3.61. The van der Waals surface area contributed by atoms with Crippen LogP contribution in [0.4, 0.5) is 5.95 Å². The molecule has 0 atom stereocenters. The Labute approximate surface area is 176 Å². The molecule has 1 fully saturated rings. The summed E-state index contributed by atoms with van der Waals surface area (Å²) in [5.41, 5.74) is 1.53. The number of hydrogen-bond donors (Lipinski definition) is 1. The zero-order valence-electron chi connectivity index (χ0n) is 17.0. The van der Waals surface area contributed by atoms with E-state index < -0.39 is 0 Å². The minimum atomic E-state index is -0.210. The van der Waals surface area contributed by atoms with Gasteiger partial charge in [-0.2, -0.15) is 4.98 Å². The number of nitrogens with one attached hydrogen (secondary N) is 1. The second kappa shape index (κ2) is 9.35. The summed E-state index contributed by atoms with van der Waals surface area (Å²) in [7, 11) is 1.91. The first-order valence-electron chi connectivity index (χ1n) is 10.2. The van der Waals surface area contributed by atoms with Crippen molar-refractivity contribution in [3.05, 3.63) is 72.2 Å². The van der Waals surface area contributed by atoms with Crippen molar-refractivity contribution in [1.29, 1.82) is 0 Å². The monoisotopic (exact) mass is 403 g/mol. The predicted molar refractivity (Wildman–Crippen MR) is 115 cm³/mol. The number of hydrogen-bond acceptors (Lipinski definition) is 6. The second-order valence-electron chi connectivity index (χ2n) is 7.49. The van der Waals surface area contributed by atoms with Gasteiger partial charge in [-0.25, -0.2) is 4.98 Å². The zero-order valence-corrected chi connectivity index (χ0v) is 17.0. The Morgan fingerprint density at radius 2 is 2.00 bits per heavy atom. The van der Waals surface area contributed by atoms with Crippen LogP contribution in [0, 0.1) is 5.92 Å². The maximum Gasteiger partial charge on any atom is 0.270 e. The number of carbonyl (C=O) groups excluding carboxylic acids is 1. The molecule has 2 aromatic heterocycles. The number of aromatic nitrogens is 3. The molecule has 1 aliphatic rings. The van der Waals surface area contributed by atoms with E-state index in [1.54, 1.807) is 30.6 Å². The van der Waals surface area contributed by atoms with Gasteiger partial charge in [-0.1, -0.05) is 30.3 Å². The highest BCUT2D eigenvalue weighted by atomic mass is 16.5. The lowest BCUT2D eigenvalue weighted by Crippen LogP contribution is -2.28. The summed E-state index contributed by atoms with van der Waals surface area (Å²) in [5, 5.41) is 2.96. The minimum Gasteiger partial charge on any atom is -0.437 e. The van der Waals surface area contributed by atoms with E-state index in [1.165, 1.54) is 18.4 Å². The van der Waals surface area contributed by atoms with Crippen LogP contribution in [-0.4, -0.2) is 41.0 Å². The Kier molecular flexibility index (Phi) is 6.17. The van der Waals surface area contributed by atoms with Gasteiger partial charge in [-0.15, -0.1) is 0 Å². The van der Waals surface area contributed by atoms with Gasteiger partial charge < -0.3 is 15.0 Å². The van der Waals surface area contributed by atoms with Crippen LogP contribution in [0.25, 0.3) is 0 Å². The van der Waals surface area contributed by atoms with Crippen molar-refractivity contribution in [2.45, 2.75) is 19.3 Å². The molecule has 0 bridgehead atoms. The number of carbonyl (C=O) groups is 1. The van der Waals surface area contributed by atoms with Crippen LogP contribution < -0.4 is 15.0 Å². The number of amides is 1. The Hall–Kier alpha value is -3.48. The van der Waals surface area contributed by atoms with E-state index in [0.717, 1.165) is 6.42 Å². The molecule has 7 heteroatoms. The SMILES string of the molecule is CN(CCc1ccccc1)c1nc(Oc2cccnc2)cc(C(=O)NCC2CC2)n1. The van der Waals surface area contributed by atoms with E-state index in [2.05, 4.69) is 32.4 Å². The van der Waals surface area contributed by atoms with E-state index in [1.807, 2.05) is 30.1 Å². The van der Waals surface area contributed by atoms with Gasteiger partial charge in [0.25, 0.3) is 5.91 Å². The fraction of sp³-hybridized carbons (Fsp3) is 0.304. The quantitative estimate of drug-likeness (QED) is 0.589. The molecule has 0 radical (unpaired) electrons. The lowest BCUT2D eigenvalue weighted by Gasteiger charge is -2.18. The molecule has 1 N–H and O–H groups in total. The highest BCUT2D eigenvalue weighted by molar-refractivity contribution is 5.92. The first-order valence-corrected chi connectivity index (χ1v) is 10.2. The normalized spacial score (nSPS) is 13.0. The van der Waals surface area contributed by atoms with Crippen molar-refractivity contribution in [2.24, 2.45) is 5.92 Å². The van der Waals surface area contributed by atoms with E-state index in [9.17, 15) is 4.79 Å². The second-order valence-corrected chi connectivity index (χ2v) is 7.49. The number of likely N-dealkylation sites (N-methyl/N-ethyl adjacent to an activating group) is 1. The summed E-state index contributed by atoms with van der Waals surface area (Å²) in [5.74, 6) is 1.70. The molecule has 4 rings (SSSR count). The summed E-state index contributed by atoms with van der Waals surface area (Å²) >= 11 is 0. The number of ether oxygens (including phenoxy) is 1. The van der Waals surface area contributed by atoms with Crippen molar-refractivity contribution in [3.8, 4) is 11.6 Å². The largest absolute Gasteiger partial charge is 0.437 e. The van der Waals surface area contributed by atoms with Gasteiger partial charge in [0.05, 0.1) is 6.20 Å². The lowest BCUT2D eigenvalue weighted by atomic mass is 10.1. The fourth-order valence-corrected chi connectivity index (χ4v) is 2.97. The predicted octanol–water partition coefficient (Wildman–Crippen LogP) is 3.48. The first kappa shape index (κ1) is 19.8. The summed E-state index contributed by atoms with van der Waals surface area (Å²) < 4.78 is 5.84. The molecule has 2 heterocycles. The Balaban J connectivity index is 1.52. The molecule has 1 amide bonds.